The van der Waals surface area contributed by atoms with Crippen LogP contribution in [0.5, 0.6) is 0 Å². The summed E-state index contributed by atoms with van der Waals surface area (Å²) in [5, 5.41) is 9.01. The number of rotatable bonds is 2. The third-order valence-corrected chi connectivity index (χ3v) is 2.62. The van der Waals surface area contributed by atoms with Crippen LogP contribution < -0.4 is 0 Å². The molecule has 0 saturated carbocycles. The van der Waals surface area contributed by atoms with Crippen molar-refractivity contribution in [2.45, 2.75) is 19.3 Å². The molecule has 0 aliphatic carbocycles. The Morgan fingerprint density at radius 2 is 2.33 bits per heavy atom. The van der Waals surface area contributed by atoms with Gasteiger partial charge in [0, 0.05) is 44.1 Å². The Bertz CT molecular complexity index is 583. The number of aromatic nitrogens is 4. The minimum atomic E-state index is -0.278. The van der Waals surface area contributed by atoms with Gasteiger partial charge in [-0.15, -0.1) is 0 Å². The molecule has 3 rings (SSSR count). The summed E-state index contributed by atoms with van der Waals surface area (Å²) in [6, 6.07) is 0. The average molecular weight is 320 g/mol. The molecule has 91 valence electrons. The monoisotopic (exact) mass is 320 g/mol. The summed E-state index contributed by atoms with van der Waals surface area (Å²) in [5.41, 5.74) is 1.30. The first kappa shape index (κ1) is 13.7. The van der Waals surface area contributed by atoms with E-state index in [-0.39, 0.29) is 51.6 Å². The second-order valence-corrected chi connectivity index (χ2v) is 3.84. The molecule has 2 atom stereocenters. The van der Waals surface area contributed by atoms with Crippen LogP contribution in [0.15, 0.2) is 18.5 Å². The van der Waals surface area contributed by atoms with E-state index in [9.17, 15) is 0 Å². The number of hydrogen-bond acceptors (Lipinski definition) is 5. The molecule has 0 bridgehead atoms. The number of aryl methyl sites for hydroxylation is 1. The van der Waals surface area contributed by atoms with E-state index in [4.69, 9.17) is 9.84 Å². The number of aliphatic hydroxyl groups is 1. The molecule has 2 aromatic heterocycles. The molecule has 1 aliphatic rings. The van der Waals surface area contributed by atoms with E-state index in [0.717, 1.165) is 0 Å². The van der Waals surface area contributed by atoms with E-state index < -0.39 is 0 Å². The molecule has 0 aromatic carbocycles. The third-order valence-electron chi connectivity index (χ3n) is 2.62. The van der Waals surface area contributed by atoms with Gasteiger partial charge in [-0.2, -0.15) is 0 Å². The number of aliphatic hydroxyl groups excluding tert-OH is 1. The summed E-state index contributed by atoms with van der Waals surface area (Å²) in [6.07, 6.45) is 7.62. The number of nitrogens with zero attached hydrogens (tertiary/aromatic N) is 4. The van der Waals surface area contributed by atoms with Crippen LogP contribution in [0, 0.1) is 13.1 Å². The number of ether oxygens (including phenoxy) is 1. The molecule has 3 heterocycles. The minimum absolute atomic E-state index is 0. The molecule has 7 heteroatoms. The topological polar surface area (TPSA) is 73.1 Å². The zero-order valence-corrected chi connectivity index (χ0v) is 12.7. The standard InChI is InChI=1S/C11H11N4O2.Y/c1-7-12-4-9-11(14-7)15(6-13-9)10-3-2-8(5-16)17-10;/h2-3,6,8,10,16H,5H2,1H3;/q-1;/t8-,10+;/m0./s1. The predicted octanol–water partition coefficient (Wildman–Crippen LogP) is 0.378. The van der Waals surface area contributed by atoms with Crippen LogP contribution in [0.25, 0.3) is 11.2 Å². The third kappa shape index (κ3) is 2.38. The number of imidazole rings is 1. The van der Waals surface area contributed by atoms with Crippen LogP contribution in [0.1, 0.15) is 12.1 Å². The maximum absolute atomic E-state index is 9.01. The van der Waals surface area contributed by atoms with Gasteiger partial charge in [-0.1, -0.05) is 13.0 Å². The summed E-state index contributed by atoms with van der Waals surface area (Å²) in [7, 11) is 0. The summed E-state index contributed by atoms with van der Waals surface area (Å²) in [4.78, 5) is 12.4. The fourth-order valence-electron chi connectivity index (χ4n) is 1.79. The Morgan fingerprint density at radius 1 is 1.50 bits per heavy atom. The summed E-state index contributed by atoms with van der Waals surface area (Å²) < 4.78 is 7.39. The first-order valence-electron chi connectivity index (χ1n) is 5.31. The van der Waals surface area contributed by atoms with E-state index in [2.05, 4.69) is 21.1 Å². The van der Waals surface area contributed by atoms with E-state index in [0.29, 0.717) is 17.0 Å². The van der Waals surface area contributed by atoms with E-state index >= 15 is 0 Å². The van der Waals surface area contributed by atoms with Crippen molar-refractivity contribution in [1.29, 1.82) is 0 Å². The Hall–Kier alpha value is -0.686. The quantitative estimate of drug-likeness (QED) is 0.640. The van der Waals surface area contributed by atoms with Crippen LogP contribution in [0.4, 0.5) is 0 Å². The van der Waals surface area contributed by atoms with Gasteiger partial charge >= 0.3 is 0 Å². The minimum Gasteiger partial charge on any atom is -0.393 e. The maximum Gasteiger partial charge on any atom is 0.146 e. The van der Waals surface area contributed by atoms with Crippen LogP contribution in [-0.2, 0) is 37.4 Å². The van der Waals surface area contributed by atoms with Gasteiger partial charge in [0.25, 0.3) is 0 Å². The van der Waals surface area contributed by atoms with Crippen molar-refractivity contribution >= 4 is 11.2 Å². The second kappa shape index (κ2) is 5.53. The van der Waals surface area contributed by atoms with Crippen LogP contribution >= 0.6 is 0 Å². The Kier molecular flexibility index (Phi) is 4.22. The average Bonchev–Trinajstić information content (AvgIpc) is 2.93. The second-order valence-electron chi connectivity index (χ2n) is 3.84. The molecule has 1 radical (unpaired) electrons. The first-order valence-corrected chi connectivity index (χ1v) is 5.31. The van der Waals surface area contributed by atoms with Crippen LogP contribution in [0.2, 0.25) is 0 Å². The first-order chi connectivity index (χ1) is 8.28. The van der Waals surface area contributed by atoms with Crippen LogP contribution in [-0.4, -0.2) is 37.3 Å². The molecular weight excluding hydrogens is 309 g/mol. The van der Waals surface area contributed by atoms with Gasteiger partial charge in [-0.05, 0) is 12.3 Å². The maximum atomic E-state index is 9.01. The zero-order valence-electron chi connectivity index (χ0n) is 9.82. The van der Waals surface area contributed by atoms with Crippen molar-refractivity contribution in [2.24, 2.45) is 0 Å². The van der Waals surface area contributed by atoms with Gasteiger partial charge in [0.2, 0.25) is 0 Å². The zero-order chi connectivity index (χ0) is 11.8. The largest absolute Gasteiger partial charge is 0.393 e. The van der Waals surface area contributed by atoms with E-state index in [1.165, 1.54) is 0 Å². The van der Waals surface area contributed by atoms with Crippen molar-refractivity contribution in [2.75, 3.05) is 6.61 Å². The summed E-state index contributed by atoms with van der Waals surface area (Å²) >= 11 is 0. The van der Waals surface area contributed by atoms with Crippen molar-refractivity contribution in [3.8, 4) is 0 Å². The van der Waals surface area contributed by atoms with Crippen LogP contribution in [0.3, 0.4) is 0 Å². The van der Waals surface area contributed by atoms with Gasteiger partial charge in [0.1, 0.15) is 12.3 Å². The van der Waals surface area contributed by atoms with Gasteiger partial charge in [0.15, 0.2) is 0 Å². The molecular formula is C11H11N4O2Y-. The molecule has 0 amide bonds. The smallest absolute Gasteiger partial charge is 0.146 e. The Morgan fingerprint density at radius 3 is 3.06 bits per heavy atom. The molecule has 1 N–H and O–H groups in total. The molecule has 2 aromatic rings. The van der Waals surface area contributed by atoms with Crippen molar-refractivity contribution in [3.63, 3.8) is 0 Å². The Balaban J connectivity index is 0.00000120. The molecule has 0 fully saturated rings. The van der Waals surface area contributed by atoms with Gasteiger partial charge in [-0.3, -0.25) is 4.98 Å². The summed E-state index contributed by atoms with van der Waals surface area (Å²) in [5.74, 6) is 0.639. The van der Waals surface area contributed by atoms with Crippen molar-refractivity contribution < 1.29 is 42.6 Å². The van der Waals surface area contributed by atoms with Gasteiger partial charge in [-0.25, -0.2) is 0 Å². The van der Waals surface area contributed by atoms with Gasteiger partial charge < -0.3 is 24.4 Å². The number of hydrogen-bond donors (Lipinski definition) is 1. The van der Waals surface area contributed by atoms with E-state index in [1.54, 1.807) is 17.8 Å². The molecule has 0 saturated heterocycles. The molecule has 18 heavy (non-hydrogen) atoms. The molecule has 1 aliphatic heterocycles. The van der Waals surface area contributed by atoms with E-state index in [1.807, 2.05) is 12.2 Å². The van der Waals surface area contributed by atoms with Gasteiger partial charge in [0.05, 0.1) is 18.6 Å². The van der Waals surface area contributed by atoms with Crippen molar-refractivity contribution in [3.05, 3.63) is 30.5 Å². The molecule has 0 spiro atoms. The number of fused-ring (bicyclic) bond motifs is 1. The Labute approximate surface area is 129 Å². The normalized spacial score (nSPS) is 22.3. The van der Waals surface area contributed by atoms with Crippen molar-refractivity contribution in [1.82, 2.24) is 19.5 Å². The summed E-state index contributed by atoms with van der Waals surface area (Å²) in [6.45, 7) is 1.77. The SMILES string of the molecule is Cc1n[c-]c2ncn([C@H]3C=C[C@@H](CO)O3)c2n1.[Y]. The molecule has 6 nitrogen and oxygen atoms in total. The predicted molar refractivity (Wildman–Crippen MR) is 59.0 cm³/mol. The fourth-order valence-corrected chi connectivity index (χ4v) is 1.79. The fraction of sp³-hybridized carbons (Fsp3) is 0.364. The molecule has 0 unspecified atom stereocenters.